The van der Waals surface area contributed by atoms with Crippen LogP contribution in [0, 0.1) is 5.92 Å². The molecule has 1 saturated carbocycles. The summed E-state index contributed by atoms with van der Waals surface area (Å²) in [5, 5.41) is 3.63. The Morgan fingerprint density at radius 1 is 1.42 bits per heavy atom. The highest BCUT2D eigenvalue weighted by Crippen LogP contribution is 2.35. The summed E-state index contributed by atoms with van der Waals surface area (Å²) >= 11 is 0. The number of anilines is 1. The smallest absolute Gasteiger partial charge is 0.198 e. The lowest BCUT2D eigenvalue weighted by atomic mass is 10.2. The normalized spacial score (nSPS) is 25.4. The Morgan fingerprint density at radius 2 is 2.26 bits per heavy atom. The number of rotatable bonds is 3. The fourth-order valence-corrected chi connectivity index (χ4v) is 3.10. The summed E-state index contributed by atoms with van der Waals surface area (Å²) < 4.78 is 0. The molecular formula is C16H23N3. The molecule has 2 aliphatic rings. The molecule has 102 valence electrons. The van der Waals surface area contributed by atoms with E-state index in [1.807, 2.05) is 7.05 Å². The van der Waals surface area contributed by atoms with Crippen molar-refractivity contribution in [3.63, 3.8) is 0 Å². The zero-order valence-corrected chi connectivity index (χ0v) is 11.9. The number of nitrogens with one attached hydrogen (secondary N) is 1. The molecule has 3 nitrogen and oxygen atoms in total. The Labute approximate surface area is 115 Å². The molecule has 1 aliphatic carbocycles. The number of guanidine groups is 1. The average molecular weight is 257 g/mol. The molecule has 1 N–H and O–H groups in total. The monoisotopic (exact) mass is 257 g/mol. The molecule has 0 spiro atoms. The fourth-order valence-electron chi connectivity index (χ4n) is 3.10. The first kappa shape index (κ1) is 12.5. The van der Waals surface area contributed by atoms with Crippen molar-refractivity contribution in [1.29, 1.82) is 0 Å². The molecule has 2 atom stereocenters. The van der Waals surface area contributed by atoms with Crippen molar-refractivity contribution in [3.8, 4) is 0 Å². The largest absolute Gasteiger partial charge is 0.353 e. The van der Waals surface area contributed by atoms with Crippen LogP contribution in [0.3, 0.4) is 0 Å². The van der Waals surface area contributed by atoms with Gasteiger partial charge in [0, 0.05) is 25.3 Å². The Balaban J connectivity index is 1.68. The highest BCUT2D eigenvalue weighted by atomic mass is 15.3. The minimum absolute atomic E-state index is 0.645. The van der Waals surface area contributed by atoms with E-state index in [2.05, 4.69) is 46.4 Å². The second-order valence-corrected chi connectivity index (χ2v) is 5.61. The molecule has 0 aromatic heterocycles. The number of hydrogen-bond donors (Lipinski definition) is 1. The third kappa shape index (κ3) is 2.46. The molecule has 1 aromatic rings. The van der Waals surface area contributed by atoms with E-state index in [1.54, 1.807) is 0 Å². The van der Waals surface area contributed by atoms with Crippen LogP contribution in [0.15, 0.2) is 29.3 Å². The average Bonchev–Trinajstić information content (AvgIpc) is 3.02. The number of fused-ring (bicyclic) bond motifs is 1. The summed E-state index contributed by atoms with van der Waals surface area (Å²) in [4.78, 5) is 6.81. The van der Waals surface area contributed by atoms with E-state index in [0.717, 1.165) is 24.8 Å². The van der Waals surface area contributed by atoms with Crippen LogP contribution in [-0.2, 0) is 6.42 Å². The van der Waals surface area contributed by atoms with Crippen molar-refractivity contribution in [2.45, 2.75) is 38.6 Å². The highest BCUT2D eigenvalue weighted by molar-refractivity contribution is 5.98. The molecule has 1 fully saturated rings. The van der Waals surface area contributed by atoms with Gasteiger partial charge >= 0.3 is 0 Å². The summed E-state index contributed by atoms with van der Waals surface area (Å²) in [7, 11) is 1.89. The van der Waals surface area contributed by atoms with Gasteiger partial charge in [-0.25, -0.2) is 0 Å². The van der Waals surface area contributed by atoms with E-state index >= 15 is 0 Å². The number of benzene rings is 1. The van der Waals surface area contributed by atoms with E-state index in [-0.39, 0.29) is 0 Å². The highest BCUT2D eigenvalue weighted by Gasteiger charge is 2.38. The van der Waals surface area contributed by atoms with Crippen LogP contribution >= 0.6 is 0 Å². The van der Waals surface area contributed by atoms with Crippen molar-refractivity contribution in [2.24, 2.45) is 10.9 Å². The first-order chi connectivity index (χ1) is 9.33. The lowest BCUT2D eigenvalue weighted by Crippen LogP contribution is -2.42. The molecule has 1 heterocycles. The van der Waals surface area contributed by atoms with E-state index in [9.17, 15) is 0 Å². The number of para-hydroxylation sites is 1. The van der Waals surface area contributed by atoms with Gasteiger partial charge in [0.1, 0.15) is 0 Å². The van der Waals surface area contributed by atoms with Crippen LogP contribution in [0.5, 0.6) is 0 Å². The van der Waals surface area contributed by atoms with Crippen molar-refractivity contribution >= 4 is 11.6 Å². The Morgan fingerprint density at radius 3 is 3.05 bits per heavy atom. The van der Waals surface area contributed by atoms with Crippen LogP contribution in [0.4, 0.5) is 5.69 Å². The second kappa shape index (κ2) is 5.24. The molecule has 0 amide bonds. The predicted octanol–water partition coefficient (Wildman–Crippen LogP) is 2.81. The van der Waals surface area contributed by atoms with Gasteiger partial charge in [-0.05, 0) is 36.8 Å². The molecule has 0 saturated heterocycles. The van der Waals surface area contributed by atoms with Gasteiger partial charge in [-0.1, -0.05) is 31.5 Å². The lowest BCUT2D eigenvalue weighted by Gasteiger charge is -2.22. The molecular weight excluding hydrogens is 234 g/mol. The van der Waals surface area contributed by atoms with Gasteiger partial charge in [0.25, 0.3) is 0 Å². The summed E-state index contributed by atoms with van der Waals surface area (Å²) in [6.07, 6.45) is 5.06. The summed E-state index contributed by atoms with van der Waals surface area (Å²) in [6, 6.07) is 9.30. The molecule has 0 radical (unpaired) electrons. The van der Waals surface area contributed by atoms with Crippen molar-refractivity contribution < 1.29 is 0 Å². The van der Waals surface area contributed by atoms with E-state index in [0.29, 0.717) is 6.04 Å². The minimum atomic E-state index is 0.645. The molecule has 1 aromatic carbocycles. The molecule has 19 heavy (non-hydrogen) atoms. The molecule has 2 unspecified atom stereocenters. The SMILES string of the molecule is CCCC1CC1NC(=NC)N1CCc2ccccc21. The second-order valence-electron chi connectivity index (χ2n) is 5.61. The van der Waals surface area contributed by atoms with E-state index in [1.165, 1.54) is 30.5 Å². The predicted molar refractivity (Wildman–Crippen MR) is 80.8 cm³/mol. The van der Waals surface area contributed by atoms with Crippen molar-refractivity contribution in [1.82, 2.24) is 5.32 Å². The maximum atomic E-state index is 4.48. The third-order valence-electron chi connectivity index (χ3n) is 4.25. The number of aliphatic imine (C=N–C) groups is 1. The molecule has 3 heteroatoms. The van der Waals surface area contributed by atoms with Gasteiger partial charge in [-0.3, -0.25) is 4.99 Å². The van der Waals surface area contributed by atoms with Crippen LogP contribution in [-0.4, -0.2) is 25.6 Å². The minimum Gasteiger partial charge on any atom is -0.353 e. The molecule has 0 bridgehead atoms. The summed E-state index contributed by atoms with van der Waals surface area (Å²) in [5.41, 5.74) is 2.76. The van der Waals surface area contributed by atoms with Gasteiger partial charge in [-0.2, -0.15) is 0 Å². The maximum Gasteiger partial charge on any atom is 0.198 e. The Kier molecular flexibility index (Phi) is 3.45. The van der Waals surface area contributed by atoms with Gasteiger partial charge in [0.05, 0.1) is 0 Å². The van der Waals surface area contributed by atoms with Gasteiger partial charge in [-0.15, -0.1) is 0 Å². The lowest BCUT2D eigenvalue weighted by molar-refractivity contribution is 0.660. The van der Waals surface area contributed by atoms with Crippen LogP contribution in [0.1, 0.15) is 31.7 Å². The van der Waals surface area contributed by atoms with Gasteiger partial charge < -0.3 is 10.2 Å². The topological polar surface area (TPSA) is 27.6 Å². The van der Waals surface area contributed by atoms with Crippen LogP contribution < -0.4 is 10.2 Å². The summed E-state index contributed by atoms with van der Waals surface area (Å²) in [6.45, 7) is 3.31. The molecule has 3 rings (SSSR count). The first-order valence-electron chi connectivity index (χ1n) is 7.42. The van der Waals surface area contributed by atoms with E-state index < -0.39 is 0 Å². The quantitative estimate of drug-likeness (QED) is 0.666. The number of nitrogens with zero attached hydrogens (tertiary/aromatic N) is 2. The zero-order valence-electron chi connectivity index (χ0n) is 11.9. The summed E-state index contributed by atoms with van der Waals surface area (Å²) in [5.74, 6) is 1.91. The van der Waals surface area contributed by atoms with Crippen molar-refractivity contribution in [2.75, 3.05) is 18.5 Å². The maximum absolute atomic E-state index is 4.48. The first-order valence-corrected chi connectivity index (χ1v) is 7.42. The molecule has 1 aliphatic heterocycles. The third-order valence-corrected chi connectivity index (χ3v) is 4.25. The van der Waals surface area contributed by atoms with Crippen LogP contribution in [0.25, 0.3) is 0 Å². The van der Waals surface area contributed by atoms with Gasteiger partial charge in [0.2, 0.25) is 0 Å². The Bertz CT molecular complexity index is 481. The van der Waals surface area contributed by atoms with Gasteiger partial charge in [0.15, 0.2) is 5.96 Å². The van der Waals surface area contributed by atoms with E-state index in [4.69, 9.17) is 0 Å². The Hall–Kier alpha value is -1.51. The fraction of sp³-hybridized carbons (Fsp3) is 0.562. The van der Waals surface area contributed by atoms with Crippen molar-refractivity contribution in [3.05, 3.63) is 29.8 Å². The van der Waals surface area contributed by atoms with Crippen LogP contribution in [0.2, 0.25) is 0 Å². The number of hydrogen-bond acceptors (Lipinski definition) is 1. The standard InChI is InChI=1S/C16H23N3/c1-3-6-13-11-14(13)18-16(17-2)19-10-9-12-7-4-5-8-15(12)19/h4-5,7-8,13-14H,3,6,9-11H2,1-2H3,(H,17,18). The zero-order chi connectivity index (χ0) is 13.2.